The van der Waals surface area contributed by atoms with E-state index in [0.29, 0.717) is 18.5 Å². The smallest absolute Gasteiger partial charge is 0.315 e. The Hall–Kier alpha value is -0.770. The third-order valence-corrected chi connectivity index (χ3v) is 2.62. The molecule has 1 atom stereocenters. The maximum Gasteiger partial charge on any atom is 0.315 e. The highest BCUT2D eigenvalue weighted by molar-refractivity contribution is 5.74. The Kier molecular flexibility index (Phi) is 4.73. The van der Waals surface area contributed by atoms with Crippen molar-refractivity contribution in [3.05, 3.63) is 0 Å². The summed E-state index contributed by atoms with van der Waals surface area (Å²) in [5.74, 6) is 0.518. The van der Waals surface area contributed by atoms with Crippen molar-refractivity contribution in [2.24, 2.45) is 11.7 Å². The maximum absolute atomic E-state index is 11.3. The van der Waals surface area contributed by atoms with Crippen LogP contribution in [0.2, 0.25) is 0 Å². The summed E-state index contributed by atoms with van der Waals surface area (Å²) in [6, 6.07) is 0.410. The molecule has 0 radical (unpaired) electrons. The fourth-order valence-electron chi connectivity index (χ4n) is 1.39. The molecule has 4 N–H and O–H groups in total. The van der Waals surface area contributed by atoms with E-state index in [9.17, 15) is 4.79 Å². The number of hydrogen-bond acceptors (Lipinski definition) is 2. The molecule has 1 unspecified atom stereocenters. The van der Waals surface area contributed by atoms with Gasteiger partial charge in [0.15, 0.2) is 0 Å². The number of hydrogen-bond donors (Lipinski definition) is 3. The Morgan fingerprint density at radius 3 is 2.79 bits per heavy atom. The molecule has 4 heteroatoms. The molecule has 0 saturated heterocycles. The summed E-state index contributed by atoms with van der Waals surface area (Å²) in [6.07, 6.45) is 4.32. The van der Waals surface area contributed by atoms with Crippen molar-refractivity contribution in [2.45, 2.75) is 38.6 Å². The van der Waals surface area contributed by atoms with Gasteiger partial charge in [-0.05, 0) is 31.7 Å². The number of nitrogens with one attached hydrogen (secondary N) is 2. The summed E-state index contributed by atoms with van der Waals surface area (Å²) in [6.45, 7) is 3.57. The minimum atomic E-state index is -0.0250. The molecule has 0 aromatic heterocycles. The van der Waals surface area contributed by atoms with Crippen molar-refractivity contribution in [3.8, 4) is 0 Å². The molecule has 0 aromatic carbocycles. The van der Waals surface area contributed by atoms with Gasteiger partial charge in [0.1, 0.15) is 0 Å². The van der Waals surface area contributed by atoms with Crippen molar-refractivity contribution in [2.75, 3.05) is 13.1 Å². The molecule has 1 saturated carbocycles. The molecular formula is C10H21N3O. The minimum Gasteiger partial charge on any atom is -0.338 e. The normalized spacial score (nSPS) is 17.6. The predicted molar refractivity (Wildman–Crippen MR) is 57.0 cm³/mol. The van der Waals surface area contributed by atoms with Crippen LogP contribution < -0.4 is 16.4 Å². The first-order valence-electron chi connectivity index (χ1n) is 5.50. The summed E-state index contributed by atoms with van der Waals surface area (Å²) in [5.41, 5.74) is 5.47. The molecule has 2 amide bonds. The van der Waals surface area contributed by atoms with Gasteiger partial charge in [-0.25, -0.2) is 4.79 Å². The van der Waals surface area contributed by atoms with Gasteiger partial charge in [-0.1, -0.05) is 13.3 Å². The van der Waals surface area contributed by atoms with Crippen LogP contribution in [0.25, 0.3) is 0 Å². The van der Waals surface area contributed by atoms with E-state index in [4.69, 9.17) is 5.73 Å². The molecule has 0 aromatic rings. The minimum absolute atomic E-state index is 0.0250. The zero-order valence-electron chi connectivity index (χ0n) is 8.88. The Balaban J connectivity index is 2.06. The first-order chi connectivity index (χ1) is 6.76. The zero-order chi connectivity index (χ0) is 10.4. The predicted octanol–water partition coefficient (Wildman–Crippen LogP) is 0.823. The fraction of sp³-hybridized carbons (Fsp3) is 0.900. The number of amides is 2. The average Bonchev–Trinajstić information content (AvgIpc) is 2.96. The van der Waals surface area contributed by atoms with Gasteiger partial charge in [-0.2, -0.15) is 0 Å². The van der Waals surface area contributed by atoms with E-state index in [1.165, 1.54) is 0 Å². The Morgan fingerprint density at radius 1 is 1.57 bits per heavy atom. The van der Waals surface area contributed by atoms with Crippen LogP contribution in [0.3, 0.4) is 0 Å². The van der Waals surface area contributed by atoms with Gasteiger partial charge >= 0.3 is 6.03 Å². The molecular weight excluding hydrogens is 178 g/mol. The summed E-state index contributed by atoms with van der Waals surface area (Å²) in [4.78, 5) is 11.3. The van der Waals surface area contributed by atoms with Gasteiger partial charge in [-0.3, -0.25) is 0 Å². The third kappa shape index (κ3) is 4.46. The van der Waals surface area contributed by atoms with E-state index in [0.717, 1.165) is 32.2 Å². The van der Waals surface area contributed by atoms with Crippen molar-refractivity contribution in [1.82, 2.24) is 10.6 Å². The lowest BCUT2D eigenvalue weighted by molar-refractivity contribution is 0.238. The third-order valence-electron chi connectivity index (χ3n) is 2.62. The van der Waals surface area contributed by atoms with E-state index < -0.39 is 0 Å². The zero-order valence-corrected chi connectivity index (χ0v) is 8.88. The molecule has 82 valence electrons. The Bertz CT molecular complexity index is 180. The number of carbonyl (C=O) groups is 1. The number of urea groups is 1. The summed E-state index contributed by atoms with van der Waals surface area (Å²) >= 11 is 0. The lowest BCUT2D eigenvalue weighted by Gasteiger charge is -2.14. The maximum atomic E-state index is 11.3. The van der Waals surface area contributed by atoms with Crippen molar-refractivity contribution in [1.29, 1.82) is 0 Å². The lowest BCUT2D eigenvalue weighted by Crippen LogP contribution is -2.39. The van der Waals surface area contributed by atoms with Crippen LogP contribution in [-0.4, -0.2) is 25.2 Å². The van der Waals surface area contributed by atoms with Crippen LogP contribution in [0, 0.1) is 5.92 Å². The van der Waals surface area contributed by atoms with E-state index >= 15 is 0 Å². The van der Waals surface area contributed by atoms with Gasteiger partial charge < -0.3 is 16.4 Å². The first-order valence-corrected chi connectivity index (χ1v) is 5.50. The molecule has 4 nitrogen and oxygen atoms in total. The van der Waals surface area contributed by atoms with Crippen LogP contribution >= 0.6 is 0 Å². The standard InChI is InChI=1S/C10H21N3O/c1-2-8(5-6-11)7-12-10(14)13-9-3-4-9/h8-9H,2-7,11H2,1H3,(H2,12,13,14). The largest absolute Gasteiger partial charge is 0.338 e. The van der Waals surface area contributed by atoms with E-state index in [1.807, 2.05) is 0 Å². The second-order valence-corrected chi connectivity index (χ2v) is 3.98. The van der Waals surface area contributed by atoms with Gasteiger partial charge in [0, 0.05) is 12.6 Å². The average molecular weight is 199 g/mol. The Morgan fingerprint density at radius 2 is 2.29 bits per heavy atom. The highest BCUT2D eigenvalue weighted by Gasteiger charge is 2.23. The van der Waals surface area contributed by atoms with Crippen LogP contribution in [0.5, 0.6) is 0 Å². The van der Waals surface area contributed by atoms with E-state index in [1.54, 1.807) is 0 Å². The van der Waals surface area contributed by atoms with Crippen molar-refractivity contribution in [3.63, 3.8) is 0 Å². The van der Waals surface area contributed by atoms with Gasteiger partial charge in [0.05, 0.1) is 0 Å². The second-order valence-electron chi connectivity index (χ2n) is 3.98. The second kappa shape index (κ2) is 5.86. The Labute approximate surface area is 85.6 Å². The van der Waals surface area contributed by atoms with Crippen molar-refractivity contribution >= 4 is 6.03 Å². The highest BCUT2D eigenvalue weighted by atomic mass is 16.2. The summed E-state index contributed by atoms with van der Waals surface area (Å²) in [7, 11) is 0. The quantitative estimate of drug-likeness (QED) is 0.593. The molecule has 1 rings (SSSR count). The van der Waals surface area contributed by atoms with Crippen molar-refractivity contribution < 1.29 is 4.79 Å². The monoisotopic (exact) mass is 199 g/mol. The van der Waals surface area contributed by atoms with Crippen LogP contribution in [-0.2, 0) is 0 Å². The topological polar surface area (TPSA) is 67.1 Å². The number of nitrogens with two attached hydrogens (primary N) is 1. The van der Waals surface area contributed by atoms with Gasteiger partial charge in [-0.15, -0.1) is 0 Å². The molecule has 0 aliphatic heterocycles. The molecule has 0 heterocycles. The summed E-state index contributed by atoms with van der Waals surface area (Å²) in [5, 5.41) is 5.78. The lowest BCUT2D eigenvalue weighted by atomic mass is 10.0. The van der Waals surface area contributed by atoms with Gasteiger partial charge in [0.25, 0.3) is 0 Å². The SMILES string of the molecule is CCC(CCN)CNC(=O)NC1CC1. The first kappa shape index (κ1) is 11.3. The number of rotatable bonds is 6. The summed E-state index contributed by atoms with van der Waals surface area (Å²) < 4.78 is 0. The molecule has 1 fully saturated rings. The number of carbonyl (C=O) groups excluding carboxylic acids is 1. The van der Waals surface area contributed by atoms with E-state index in [2.05, 4.69) is 17.6 Å². The van der Waals surface area contributed by atoms with E-state index in [-0.39, 0.29) is 6.03 Å². The van der Waals surface area contributed by atoms with Crippen LogP contribution in [0.15, 0.2) is 0 Å². The molecule has 1 aliphatic rings. The van der Waals surface area contributed by atoms with Gasteiger partial charge in [0.2, 0.25) is 0 Å². The van der Waals surface area contributed by atoms with Crippen LogP contribution in [0.1, 0.15) is 32.6 Å². The molecule has 1 aliphatic carbocycles. The molecule has 0 bridgehead atoms. The highest BCUT2D eigenvalue weighted by Crippen LogP contribution is 2.18. The molecule has 14 heavy (non-hydrogen) atoms. The molecule has 0 spiro atoms. The fourth-order valence-corrected chi connectivity index (χ4v) is 1.39. The van der Waals surface area contributed by atoms with Crippen LogP contribution in [0.4, 0.5) is 4.79 Å².